The van der Waals surface area contributed by atoms with Crippen LogP contribution in [0.3, 0.4) is 0 Å². The summed E-state index contributed by atoms with van der Waals surface area (Å²) in [6, 6.07) is 0. The van der Waals surface area contributed by atoms with E-state index in [0.29, 0.717) is 0 Å². The predicted octanol–water partition coefficient (Wildman–Crippen LogP) is 0.771. The monoisotopic (exact) mass is 203 g/mol. The first-order valence-corrected chi connectivity index (χ1v) is 4.90. The zero-order valence-electron chi connectivity index (χ0n) is 7.90. The lowest BCUT2D eigenvalue weighted by Crippen LogP contribution is -2.36. The van der Waals surface area contributed by atoms with E-state index in [0.717, 1.165) is 0 Å². The molecule has 0 aliphatic carbocycles. The summed E-state index contributed by atoms with van der Waals surface area (Å²) in [6.45, 7) is 3.83. The van der Waals surface area contributed by atoms with Crippen LogP contribution in [0.2, 0.25) is 0 Å². The Morgan fingerprint density at radius 3 is 2.54 bits per heavy atom. The van der Waals surface area contributed by atoms with Gasteiger partial charge in [0.25, 0.3) is 0 Å². The molecule has 1 rings (SSSR count). The van der Waals surface area contributed by atoms with Crippen LogP contribution in [0.1, 0.15) is 20.3 Å². The molecule has 4 nitrogen and oxygen atoms in total. The fourth-order valence-corrected chi connectivity index (χ4v) is 2.68. The minimum atomic E-state index is -0.919. The first-order valence-electron chi connectivity index (χ1n) is 4.02. The van der Waals surface area contributed by atoms with Gasteiger partial charge in [0.1, 0.15) is 0 Å². The smallest absolute Gasteiger partial charge is 0.305 e. The highest BCUT2D eigenvalue weighted by molar-refractivity contribution is 8.02. The van der Waals surface area contributed by atoms with Crippen LogP contribution >= 0.6 is 11.8 Å². The number of carboxylic acids is 1. The molecule has 1 heterocycles. The Kier molecular flexibility index (Phi) is 2.56. The second-order valence-electron chi connectivity index (χ2n) is 3.55. The van der Waals surface area contributed by atoms with Crippen LogP contribution in [0.25, 0.3) is 0 Å². The lowest BCUT2D eigenvalue weighted by molar-refractivity contribution is -0.140. The Morgan fingerprint density at radius 2 is 2.23 bits per heavy atom. The molecule has 1 amide bonds. The standard InChI is InChI=1S/C8H13NO3S/c1-8(2)9(3)7(12)5(13-8)4-6(10)11/h5H,4H2,1-3H3,(H,10,11). The maximum absolute atomic E-state index is 11.5. The number of carbonyl (C=O) groups is 2. The van der Waals surface area contributed by atoms with Gasteiger partial charge in [0, 0.05) is 7.05 Å². The van der Waals surface area contributed by atoms with Crippen LogP contribution in [0.4, 0.5) is 0 Å². The maximum Gasteiger partial charge on any atom is 0.305 e. The first-order chi connectivity index (χ1) is 5.84. The van der Waals surface area contributed by atoms with Crippen LogP contribution in [-0.2, 0) is 9.59 Å². The third-order valence-corrected chi connectivity index (χ3v) is 3.71. The predicted molar refractivity (Wildman–Crippen MR) is 50.5 cm³/mol. The molecule has 0 aromatic rings. The van der Waals surface area contributed by atoms with E-state index < -0.39 is 11.2 Å². The Morgan fingerprint density at radius 1 is 1.69 bits per heavy atom. The SMILES string of the molecule is CN1C(=O)C(CC(=O)O)SC1(C)C. The fraction of sp³-hybridized carbons (Fsp3) is 0.750. The van der Waals surface area contributed by atoms with Gasteiger partial charge in [-0.05, 0) is 13.8 Å². The zero-order chi connectivity index (χ0) is 10.2. The van der Waals surface area contributed by atoms with Crippen molar-refractivity contribution in [1.29, 1.82) is 0 Å². The lowest BCUT2D eigenvalue weighted by Gasteiger charge is -2.25. The number of hydrogen-bond donors (Lipinski definition) is 1. The molecule has 0 saturated carbocycles. The second-order valence-corrected chi connectivity index (χ2v) is 5.35. The third-order valence-electron chi connectivity index (χ3n) is 2.20. The van der Waals surface area contributed by atoms with Crippen LogP contribution in [0.15, 0.2) is 0 Å². The van der Waals surface area contributed by atoms with Crippen molar-refractivity contribution in [2.75, 3.05) is 7.05 Å². The van der Waals surface area contributed by atoms with E-state index in [2.05, 4.69) is 0 Å². The van der Waals surface area contributed by atoms with Gasteiger partial charge in [0.15, 0.2) is 0 Å². The number of carbonyl (C=O) groups excluding carboxylic acids is 1. The number of carboxylic acid groups (broad SMARTS) is 1. The summed E-state index contributed by atoms with van der Waals surface area (Å²) in [5.41, 5.74) is 0. The molecule has 1 aliphatic heterocycles. The van der Waals surface area contributed by atoms with Crippen LogP contribution < -0.4 is 0 Å². The number of amides is 1. The first kappa shape index (κ1) is 10.4. The van der Waals surface area contributed by atoms with Gasteiger partial charge in [-0.15, -0.1) is 11.8 Å². The number of rotatable bonds is 2. The number of thioether (sulfide) groups is 1. The molecule has 1 N–H and O–H groups in total. The Bertz CT molecular complexity index is 252. The summed E-state index contributed by atoms with van der Waals surface area (Å²) in [6.07, 6.45) is -0.0860. The molecule has 1 aliphatic rings. The van der Waals surface area contributed by atoms with Gasteiger partial charge in [0.2, 0.25) is 5.91 Å². The highest BCUT2D eigenvalue weighted by atomic mass is 32.2. The van der Waals surface area contributed by atoms with E-state index in [1.807, 2.05) is 13.8 Å². The second kappa shape index (κ2) is 3.21. The van der Waals surface area contributed by atoms with Gasteiger partial charge < -0.3 is 10.0 Å². The molecule has 0 aromatic heterocycles. The summed E-state index contributed by atoms with van der Waals surface area (Å²) in [5, 5.41) is 8.15. The van der Waals surface area contributed by atoms with E-state index in [9.17, 15) is 9.59 Å². The molecular weight excluding hydrogens is 190 g/mol. The molecule has 1 atom stereocenters. The van der Waals surface area contributed by atoms with Crippen molar-refractivity contribution in [3.63, 3.8) is 0 Å². The van der Waals surface area contributed by atoms with Crippen LogP contribution in [0.5, 0.6) is 0 Å². The van der Waals surface area contributed by atoms with Gasteiger partial charge in [0.05, 0.1) is 16.5 Å². The van der Waals surface area contributed by atoms with Crippen molar-refractivity contribution in [3.8, 4) is 0 Å². The van der Waals surface area contributed by atoms with E-state index in [1.54, 1.807) is 11.9 Å². The van der Waals surface area contributed by atoms with E-state index in [-0.39, 0.29) is 17.2 Å². The van der Waals surface area contributed by atoms with Crippen molar-refractivity contribution < 1.29 is 14.7 Å². The molecule has 0 bridgehead atoms. The molecule has 1 unspecified atom stereocenters. The molecule has 1 fully saturated rings. The number of nitrogens with zero attached hydrogens (tertiary/aromatic N) is 1. The Balaban J connectivity index is 2.72. The van der Waals surface area contributed by atoms with E-state index in [4.69, 9.17) is 5.11 Å². The van der Waals surface area contributed by atoms with Crippen molar-refractivity contribution in [2.24, 2.45) is 0 Å². The highest BCUT2D eigenvalue weighted by Gasteiger charge is 2.44. The van der Waals surface area contributed by atoms with E-state index in [1.165, 1.54) is 11.8 Å². The average molecular weight is 203 g/mol. The normalized spacial score (nSPS) is 26.5. The molecule has 1 saturated heterocycles. The summed E-state index contributed by atoms with van der Waals surface area (Å²) in [4.78, 5) is 23.3. The van der Waals surface area contributed by atoms with Crippen LogP contribution in [-0.4, -0.2) is 39.1 Å². The lowest BCUT2D eigenvalue weighted by atomic mass is 10.2. The summed E-state index contributed by atoms with van der Waals surface area (Å²) < 4.78 is 0. The molecule has 0 aromatic carbocycles. The van der Waals surface area contributed by atoms with Crippen molar-refractivity contribution >= 4 is 23.6 Å². The van der Waals surface area contributed by atoms with Gasteiger partial charge in [-0.1, -0.05) is 0 Å². The Hall–Kier alpha value is -0.710. The van der Waals surface area contributed by atoms with E-state index >= 15 is 0 Å². The Labute approximate surface area is 81.3 Å². The topological polar surface area (TPSA) is 57.6 Å². The largest absolute Gasteiger partial charge is 0.481 e. The minimum absolute atomic E-state index is 0.0857. The summed E-state index contributed by atoms with van der Waals surface area (Å²) in [5.74, 6) is -1.01. The van der Waals surface area contributed by atoms with Crippen molar-refractivity contribution in [2.45, 2.75) is 30.4 Å². The molecule has 0 radical (unpaired) electrons. The molecule has 5 heteroatoms. The number of hydrogen-bond acceptors (Lipinski definition) is 3. The molecule has 0 spiro atoms. The molecule has 13 heavy (non-hydrogen) atoms. The third kappa shape index (κ3) is 1.96. The van der Waals surface area contributed by atoms with Crippen LogP contribution in [0, 0.1) is 0 Å². The van der Waals surface area contributed by atoms with Gasteiger partial charge in [-0.25, -0.2) is 0 Å². The summed E-state index contributed by atoms with van der Waals surface area (Å²) in [7, 11) is 1.71. The molecular formula is C8H13NO3S. The van der Waals surface area contributed by atoms with Gasteiger partial charge >= 0.3 is 5.97 Å². The quantitative estimate of drug-likeness (QED) is 0.720. The number of aliphatic carboxylic acids is 1. The molecule has 74 valence electrons. The maximum atomic E-state index is 11.5. The van der Waals surface area contributed by atoms with Gasteiger partial charge in [-0.2, -0.15) is 0 Å². The van der Waals surface area contributed by atoms with Gasteiger partial charge in [-0.3, -0.25) is 9.59 Å². The average Bonchev–Trinajstić information content (AvgIpc) is 2.13. The van der Waals surface area contributed by atoms with Crippen molar-refractivity contribution in [3.05, 3.63) is 0 Å². The zero-order valence-corrected chi connectivity index (χ0v) is 8.72. The fourth-order valence-electron chi connectivity index (χ4n) is 1.25. The van der Waals surface area contributed by atoms with Crippen molar-refractivity contribution in [1.82, 2.24) is 4.90 Å². The summed E-state index contributed by atoms with van der Waals surface area (Å²) >= 11 is 1.41. The minimum Gasteiger partial charge on any atom is -0.481 e. The highest BCUT2D eigenvalue weighted by Crippen LogP contribution is 2.40.